The minimum Gasteiger partial charge on any atom is -0.497 e. The number of carbonyl (C=O) groups excluding carboxylic acids is 1. The van der Waals surface area contributed by atoms with E-state index in [-0.39, 0.29) is 6.03 Å². The molecule has 1 N–H and O–H groups in total. The Morgan fingerprint density at radius 3 is 2.83 bits per heavy atom. The summed E-state index contributed by atoms with van der Waals surface area (Å²) < 4.78 is 11.4. The van der Waals surface area contributed by atoms with E-state index in [0.29, 0.717) is 13.1 Å². The Kier molecular flexibility index (Phi) is 4.41. The van der Waals surface area contributed by atoms with Gasteiger partial charge in [0.15, 0.2) is 0 Å². The van der Waals surface area contributed by atoms with E-state index < -0.39 is 5.60 Å². The number of aryl methyl sites for hydroxylation is 1. The SMILES string of the molecule is COc1ccc2c(c1)OC(C)(C)CN(C(=O)Nc1ccsc1C)C2. The van der Waals surface area contributed by atoms with E-state index in [0.717, 1.165) is 27.6 Å². The largest absolute Gasteiger partial charge is 0.497 e. The molecule has 1 aliphatic heterocycles. The number of nitrogens with one attached hydrogen (secondary N) is 1. The van der Waals surface area contributed by atoms with Crippen LogP contribution in [-0.2, 0) is 6.54 Å². The lowest BCUT2D eigenvalue weighted by Crippen LogP contribution is -2.44. The van der Waals surface area contributed by atoms with Gasteiger partial charge in [0.1, 0.15) is 17.1 Å². The number of hydrogen-bond acceptors (Lipinski definition) is 4. The van der Waals surface area contributed by atoms with Crippen LogP contribution in [0, 0.1) is 6.92 Å². The van der Waals surface area contributed by atoms with E-state index in [1.807, 2.05) is 50.4 Å². The number of thiophene rings is 1. The van der Waals surface area contributed by atoms with E-state index in [9.17, 15) is 4.79 Å². The van der Waals surface area contributed by atoms with Gasteiger partial charge in [-0.1, -0.05) is 0 Å². The average Bonchev–Trinajstić information content (AvgIpc) is 2.86. The summed E-state index contributed by atoms with van der Waals surface area (Å²) in [6, 6.07) is 7.53. The summed E-state index contributed by atoms with van der Waals surface area (Å²) in [5, 5.41) is 4.97. The molecule has 6 heteroatoms. The number of hydrogen-bond donors (Lipinski definition) is 1. The number of carbonyl (C=O) groups is 1. The molecule has 1 aliphatic rings. The molecule has 1 aromatic heterocycles. The average molecular weight is 346 g/mol. The zero-order valence-corrected chi connectivity index (χ0v) is 15.2. The predicted molar refractivity (Wildman–Crippen MR) is 96.2 cm³/mol. The molecule has 2 heterocycles. The number of amides is 2. The molecule has 5 nitrogen and oxygen atoms in total. The first-order valence-corrected chi connectivity index (χ1v) is 8.72. The molecule has 2 amide bonds. The maximum Gasteiger partial charge on any atom is 0.322 e. The van der Waals surface area contributed by atoms with Crippen molar-refractivity contribution in [1.29, 1.82) is 0 Å². The zero-order chi connectivity index (χ0) is 17.3. The predicted octanol–water partition coefficient (Wildman–Crippen LogP) is 4.27. The van der Waals surface area contributed by atoms with Crippen molar-refractivity contribution in [1.82, 2.24) is 4.90 Å². The van der Waals surface area contributed by atoms with Crippen molar-refractivity contribution in [3.63, 3.8) is 0 Å². The lowest BCUT2D eigenvalue weighted by Gasteiger charge is -2.29. The van der Waals surface area contributed by atoms with Crippen LogP contribution >= 0.6 is 11.3 Å². The van der Waals surface area contributed by atoms with Crippen LogP contribution in [0.25, 0.3) is 0 Å². The van der Waals surface area contributed by atoms with Gasteiger partial charge in [-0.2, -0.15) is 0 Å². The third-order valence-corrected chi connectivity index (χ3v) is 4.83. The molecule has 0 saturated heterocycles. The lowest BCUT2D eigenvalue weighted by molar-refractivity contribution is 0.0833. The van der Waals surface area contributed by atoms with Crippen LogP contribution in [0.3, 0.4) is 0 Å². The smallest absolute Gasteiger partial charge is 0.322 e. The summed E-state index contributed by atoms with van der Waals surface area (Å²) >= 11 is 1.62. The van der Waals surface area contributed by atoms with Crippen molar-refractivity contribution in [3.8, 4) is 11.5 Å². The summed E-state index contributed by atoms with van der Waals surface area (Å²) in [5.41, 5.74) is 1.35. The van der Waals surface area contributed by atoms with Gasteiger partial charge in [0, 0.05) is 16.5 Å². The van der Waals surface area contributed by atoms with Gasteiger partial charge in [0.25, 0.3) is 0 Å². The van der Waals surface area contributed by atoms with Crippen LogP contribution in [0.4, 0.5) is 10.5 Å². The fourth-order valence-electron chi connectivity index (χ4n) is 2.79. The molecule has 128 valence electrons. The van der Waals surface area contributed by atoms with Crippen molar-refractivity contribution >= 4 is 23.1 Å². The van der Waals surface area contributed by atoms with Crippen LogP contribution in [0.15, 0.2) is 29.6 Å². The highest BCUT2D eigenvalue weighted by molar-refractivity contribution is 7.10. The lowest BCUT2D eigenvalue weighted by atomic mass is 10.1. The van der Waals surface area contributed by atoms with Crippen molar-refractivity contribution < 1.29 is 14.3 Å². The van der Waals surface area contributed by atoms with Crippen LogP contribution in [0.1, 0.15) is 24.3 Å². The van der Waals surface area contributed by atoms with Gasteiger partial charge in [0.05, 0.1) is 25.9 Å². The van der Waals surface area contributed by atoms with E-state index in [4.69, 9.17) is 9.47 Å². The zero-order valence-electron chi connectivity index (χ0n) is 14.4. The second-order valence-corrected chi connectivity index (χ2v) is 7.63. The monoisotopic (exact) mass is 346 g/mol. The number of ether oxygens (including phenoxy) is 2. The summed E-state index contributed by atoms with van der Waals surface area (Å²) in [7, 11) is 1.63. The summed E-state index contributed by atoms with van der Waals surface area (Å²) in [4.78, 5) is 15.6. The van der Waals surface area contributed by atoms with Crippen LogP contribution in [-0.4, -0.2) is 30.2 Å². The fourth-order valence-corrected chi connectivity index (χ4v) is 3.45. The van der Waals surface area contributed by atoms with E-state index in [1.54, 1.807) is 23.3 Å². The second-order valence-electron chi connectivity index (χ2n) is 6.51. The summed E-state index contributed by atoms with van der Waals surface area (Å²) in [5.74, 6) is 1.51. The summed E-state index contributed by atoms with van der Waals surface area (Å²) in [6.45, 7) is 6.96. The minimum atomic E-state index is -0.487. The first-order chi connectivity index (χ1) is 11.4. The Labute approximate surface area is 146 Å². The number of anilines is 1. The number of benzene rings is 1. The standard InChI is InChI=1S/C18H22N2O3S/c1-12-15(7-8-24-12)19-17(21)20-10-13-5-6-14(22-4)9-16(13)23-18(2,3)11-20/h5-9H,10-11H2,1-4H3,(H,19,21). The van der Waals surface area contributed by atoms with E-state index in [2.05, 4.69) is 5.32 Å². The number of urea groups is 1. The number of rotatable bonds is 2. The van der Waals surface area contributed by atoms with E-state index >= 15 is 0 Å². The third kappa shape index (κ3) is 3.48. The first kappa shape index (κ1) is 16.6. The molecule has 24 heavy (non-hydrogen) atoms. The maximum atomic E-state index is 12.7. The van der Waals surface area contributed by atoms with Gasteiger partial charge in [-0.3, -0.25) is 0 Å². The fraction of sp³-hybridized carbons (Fsp3) is 0.389. The van der Waals surface area contributed by atoms with Gasteiger partial charge in [0.2, 0.25) is 0 Å². The maximum absolute atomic E-state index is 12.7. The van der Waals surface area contributed by atoms with Gasteiger partial charge in [-0.15, -0.1) is 11.3 Å². The Hall–Kier alpha value is -2.21. The molecule has 3 rings (SSSR count). The Bertz CT molecular complexity index is 754. The van der Waals surface area contributed by atoms with Gasteiger partial charge >= 0.3 is 6.03 Å². The normalized spacial score (nSPS) is 15.9. The van der Waals surface area contributed by atoms with Gasteiger partial charge in [-0.25, -0.2) is 4.79 Å². The highest BCUT2D eigenvalue weighted by Gasteiger charge is 2.32. The Morgan fingerprint density at radius 2 is 2.17 bits per heavy atom. The molecule has 1 aromatic carbocycles. The quantitative estimate of drug-likeness (QED) is 0.883. The van der Waals surface area contributed by atoms with E-state index in [1.165, 1.54) is 0 Å². The van der Waals surface area contributed by atoms with Gasteiger partial charge in [-0.05, 0) is 44.4 Å². The second kappa shape index (κ2) is 6.36. The van der Waals surface area contributed by atoms with Crippen molar-refractivity contribution in [2.24, 2.45) is 0 Å². The molecule has 0 bridgehead atoms. The molecule has 0 fully saturated rings. The van der Waals surface area contributed by atoms with Crippen molar-refractivity contribution in [3.05, 3.63) is 40.1 Å². The molecule has 0 saturated carbocycles. The number of nitrogens with zero attached hydrogens (tertiary/aromatic N) is 1. The highest BCUT2D eigenvalue weighted by atomic mass is 32.1. The third-order valence-electron chi connectivity index (χ3n) is 3.98. The van der Waals surface area contributed by atoms with Crippen molar-refractivity contribution in [2.45, 2.75) is 32.9 Å². The topological polar surface area (TPSA) is 50.8 Å². The Morgan fingerprint density at radius 1 is 1.38 bits per heavy atom. The molecule has 0 unspecified atom stereocenters. The van der Waals surface area contributed by atoms with Crippen molar-refractivity contribution in [2.75, 3.05) is 19.0 Å². The highest BCUT2D eigenvalue weighted by Crippen LogP contribution is 2.33. The molecule has 0 atom stereocenters. The molecule has 2 aromatic rings. The molecular weight excluding hydrogens is 324 g/mol. The molecule has 0 radical (unpaired) electrons. The molecular formula is C18H22N2O3S. The summed E-state index contributed by atoms with van der Waals surface area (Å²) in [6.07, 6.45) is 0. The van der Waals surface area contributed by atoms with Crippen LogP contribution < -0.4 is 14.8 Å². The first-order valence-electron chi connectivity index (χ1n) is 7.84. The number of fused-ring (bicyclic) bond motifs is 1. The Balaban J connectivity index is 1.86. The van der Waals surface area contributed by atoms with Crippen LogP contribution in [0.2, 0.25) is 0 Å². The molecule has 0 spiro atoms. The van der Waals surface area contributed by atoms with Crippen LogP contribution in [0.5, 0.6) is 11.5 Å². The number of methoxy groups -OCH3 is 1. The van der Waals surface area contributed by atoms with Gasteiger partial charge < -0.3 is 19.7 Å². The molecule has 0 aliphatic carbocycles. The minimum absolute atomic E-state index is 0.114.